The van der Waals surface area contributed by atoms with E-state index in [0.29, 0.717) is 11.3 Å². The molecule has 0 amide bonds. The van der Waals surface area contributed by atoms with Crippen molar-refractivity contribution in [3.05, 3.63) is 30.1 Å². The van der Waals surface area contributed by atoms with Gasteiger partial charge in [-0.3, -0.25) is 4.79 Å². The number of nitrogens with zero attached hydrogens (tertiary/aromatic N) is 4. The number of aromatic nitrogens is 4. The van der Waals surface area contributed by atoms with Gasteiger partial charge in [-0.25, -0.2) is 4.68 Å². The topological polar surface area (TPSA) is 90.1 Å². The van der Waals surface area contributed by atoms with Crippen LogP contribution in [-0.2, 0) is 4.79 Å². The molecule has 0 aliphatic carbocycles. The van der Waals surface area contributed by atoms with Gasteiger partial charge in [-0.1, -0.05) is 6.07 Å². The number of benzene rings is 1. The fraction of sp³-hybridized carbons (Fsp3) is 0.200. The zero-order valence-corrected chi connectivity index (χ0v) is 8.65. The van der Waals surface area contributed by atoms with E-state index in [2.05, 4.69) is 15.5 Å². The Labute approximate surface area is 95.6 Å². The lowest BCUT2D eigenvalue weighted by atomic mass is 10.0. The third-order valence-corrected chi connectivity index (χ3v) is 2.69. The van der Waals surface area contributed by atoms with Crippen molar-refractivity contribution in [3.63, 3.8) is 0 Å². The van der Waals surface area contributed by atoms with E-state index in [1.165, 1.54) is 11.0 Å². The van der Waals surface area contributed by atoms with Crippen molar-refractivity contribution < 1.29 is 14.6 Å². The number of carboxylic acid groups (broad SMARTS) is 1. The standard InChI is InChI=1S/C10H8N4O3/c15-10(16)8-4-17-9-3-6(1-2-7(8)9)14-5-11-12-13-14/h1-3,5,8H,4H2,(H,15,16)/t8-/m1/s1. The summed E-state index contributed by atoms with van der Waals surface area (Å²) in [4.78, 5) is 11.0. The Morgan fingerprint density at radius 1 is 1.53 bits per heavy atom. The minimum atomic E-state index is -0.876. The number of carbonyl (C=O) groups is 1. The van der Waals surface area contributed by atoms with Crippen molar-refractivity contribution in [2.75, 3.05) is 6.61 Å². The van der Waals surface area contributed by atoms with Crippen molar-refractivity contribution in [3.8, 4) is 11.4 Å². The molecule has 0 saturated carbocycles. The molecular formula is C10H8N4O3. The second-order valence-corrected chi connectivity index (χ2v) is 3.68. The summed E-state index contributed by atoms with van der Waals surface area (Å²) >= 11 is 0. The van der Waals surface area contributed by atoms with E-state index >= 15 is 0 Å². The van der Waals surface area contributed by atoms with E-state index < -0.39 is 11.9 Å². The minimum absolute atomic E-state index is 0.170. The van der Waals surface area contributed by atoms with E-state index in [-0.39, 0.29) is 6.61 Å². The van der Waals surface area contributed by atoms with Crippen LogP contribution in [0.1, 0.15) is 11.5 Å². The molecule has 1 aromatic heterocycles. The molecule has 1 aromatic carbocycles. The van der Waals surface area contributed by atoms with Crippen LogP contribution in [0.5, 0.6) is 5.75 Å². The lowest BCUT2D eigenvalue weighted by molar-refractivity contribution is -0.138. The first-order valence-electron chi connectivity index (χ1n) is 4.98. The highest BCUT2D eigenvalue weighted by Crippen LogP contribution is 2.35. The van der Waals surface area contributed by atoms with Gasteiger partial charge in [0.2, 0.25) is 0 Å². The molecule has 0 spiro atoms. The maximum absolute atomic E-state index is 11.0. The van der Waals surface area contributed by atoms with Gasteiger partial charge in [-0.15, -0.1) is 5.10 Å². The Hall–Kier alpha value is -2.44. The van der Waals surface area contributed by atoms with Crippen LogP contribution in [0.4, 0.5) is 0 Å². The first-order valence-corrected chi connectivity index (χ1v) is 4.98. The Kier molecular flexibility index (Phi) is 2.04. The fourth-order valence-electron chi connectivity index (χ4n) is 1.83. The van der Waals surface area contributed by atoms with Crippen LogP contribution in [0.2, 0.25) is 0 Å². The molecular weight excluding hydrogens is 224 g/mol. The van der Waals surface area contributed by atoms with Crippen molar-refractivity contribution in [1.29, 1.82) is 0 Å². The van der Waals surface area contributed by atoms with Crippen LogP contribution in [0.25, 0.3) is 5.69 Å². The summed E-state index contributed by atoms with van der Waals surface area (Å²) in [6.07, 6.45) is 1.46. The summed E-state index contributed by atoms with van der Waals surface area (Å²) in [5.41, 5.74) is 1.43. The van der Waals surface area contributed by atoms with Crippen molar-refractivity contribution in [2.24, 2.45) is 0 Å². The summed E-state index contributed by atoms with van der Waals surface area (Å²) < 4.78 is 6.83. The predicted octanol–water partition coefficient (Wildman–Crippen LogP) is 0.223. The van der Waals surface area contributed by atoms with Crippen LogP contribution < -0.4 is 4.74 Å². The monoisotopic (exact) mass is 232 g/mol. The molecule has 0 radical (unpaired) electrons. The van der Waals surface area contributed by atoms with E-state index in [4.69, 9.17) is 9.84 Å². The van der Waals surface area contributed by atoms with Gasteiger partial charge in [0, 0.05) is 11.6 Å². The van der Waals surface area contributed by atoms with Crippen LogP contribution in [0.15, 0.2) is 24.5 Å². The summed E-state index contributed by atoms with van der Waals surface area (Å²) in [7, 11) is 0. The molecule has 2 aromatic rings. The third kappa shape index (κ3) is 1.52. The number of hydrogen-bond acceptors (Lipinski definition) is 5. The van der Waals surface area contributed by atoms with Gasteiger partial charge < -0.3 is 9.84 Å². The van der Waals surface area contributed by atoms with E-state index in [1.807, 2.05) is 0 Å². The van der Waals surface area contributed by atoms with Crippen LogP contribution in [-0.4, -0.2) is 37.9 Å². The number of carboxylic acids is 1. The molecule has 7 nitrogen and oxygen atoms in total. The molecule has 2 heterocycles. The maximum atomic E-state index is 11.0. The highest BCUT2D eigenvalue weighted by atomic mass is 16.5. The molecule has 0 unspecified atom stereocenters. The molecule has 0 bridgehead atoms. The summed E-state index contributed by atoms with van der Waals surface area (Å²) in [5, 5.41) is 19.8. The lowest BCUT2D eigenvalue weighted by Gasteiger charge is -2.04. The quantitative estimate of drug-likeness (QED) is 0.796. The Bertz CT molecular complexity index is 567. The smallest absolute Gasteiger partial charge is 0.314 e. The Morgan fingerprint density at radius 2 is 2.41 bits per heavy atom. The van der Waals surface area contributed by atoms with Crippen molar-refractivity contribution in [1.82, 2.24) is 20.2 Å². The van der Waals surface area contributed by atoms with Crippen LogP contribution in [0.3, 0.4) is 0 Å². The molecule has 1 aliphatic heterocycles. The van der Waals surface area contributed by atoms with Gasteiger partial charge in [0.15, 0.2) is 0 Å². The highest BCUT2D eigenvalue weighted by Gasteiger charge is 2.30. The lowest BCUT2D eigenvalue weighted by Crippen LogP contribution is -2.12. The second kappa shape index (κ2) is 3.55. The second-order valence-electron chi connectivity index (χ2n) is 3.68. The van der Waals surface area contributed by atoms with Gasteiger partial charge in [0.25, 0.3) is 0 Å². The average Bonchev–Trinajstić information content (AvgIpc) is 2.97. The molecule has 1 N–H and O–H groups in total. The molecule has 0 fully saturated rings. The summed E-state index contributed by atoms with van der Waals surface area (Å²) in [6.45, 7) is 0.170. The minimum Gasteiger partial charge on any atom is -0.492 e. The normalized spacial score (nSPS) is 17.5. The molecule has 1 atom stereocenters. The number of fused-ring (bicyclic) bond motifs is 1. The molecule has 3 rings (SSSR count). The van der Waals surface area contributed by atoms with E-state index in [9.17, 15) is 4.79 Å². The van der Waals surface area contributed by atoms with Gasteiger partial charge in [0.05, 0.1) is 5.69 Å². The highest BCUT2D eigenvalue weighted by molar-refractivity contribution is 5.78. The molecule has 86 valence electrons. The maximum Gasteiger partial charge on any atom is 0.314 e. The first-order chi connectivity index (χ1) is 8.25. The van der Waals surface area contributed by atoms with Gasteiger partial charge in [-0.05, 0) is 16.5 Å². The van der Waals surface area contributed by atoms with Gasteiger partial charge >= 0.3 is 5.97 Å². The zero-order chi connectivity index (χ0) is 11.8. The van der Waals surface area contributed by atoms with Gasteiger partial charge in [0.1, 0.15) is 24.6 Å². The Balaban J connectivity index is 2.02. The molecule has 1 aliphatic rings. The largest absolute Gasteiger partial charge is 0.492 e. The predicted molar refractivity (Wildman–Crippen MR) is 55.0 cm³/mol. The van der Waals surface area contributed by atoms with E-state index in [1.54, 1.807) is 18.2 Å². The number of ether oxygens (including phenoxy) is 1. The first kappa shape index (κ1) is 9.76. The Morgan fingerprint density at radius 3 is 3.12 bits per heavy atom. The number of hydrogen-bond donors (Lipinski definition) is 1. The summed E-state index contributed by atoms with van der Waals surface area (Å²) in [5.74, 6) is -0.891. The fourth-order valence-corrected chi connectivity index (χ4v) is 1.83. The van der Waals surface area contributed by atoms with Gasteiger partial charge in [-0.2, -0.15) is 0 Å². The molecule has 0 saturated heterocycles. The number of rotatable bonds is 2. The molecule has 7 heteroatoms. The number of tetrazole rings is 1. The van der Waals surface area contributed by atoms with Crippen LogP contribution in [0, 0.1) is 0 Å². The SMILES string of the molecule is O=C(O)[C@@H]1COc2cc(-n3cnnn3)ccc21. The zero-order valence-electron chi connectivity index (χ0n) is 8.65. The third-order valence-electron chi connectivity index (χ3n) is 2.69. The average molecular weight is 232 g/mol. The number of aliphatic carboxylic acids is 1. The summed E-state index contributed by atoms with van der Waals surface area (Å²) in [6, 6.07) is 5.23. The van der Waals surface area contributed by atoms with E-state index in [0.717, 1.165) is 5.69 Å². The van der Waals surface area contributed by atoms with Crippen molar-refractivity contribution in [2.45, 2.75) is 5.92 Å². The van der Waals surface area contributed by atoms with Crippen molar-refractivity contribution >= 4 is 5.97 Å². The van der Waals surface area contributed by atoms with Crippen LogP contribution >= 0.6 is 0 Å². The molecule has 17 heavy (non-hydrogen) atoms.